The molecule has 17 heteroatoms. The number of esters is 1. The molecule has 17 nitrogen and oxygen atoms in total. The summed E-state index contributed by atoms with van der Waals surface area (Å²) in [5.74, 6) is -1.62. The first kappa shape index (κ1) is 39.3. The second-order valence-electron chi connectivity index (χ2n) is 15.4. The summed E-state index contributed by atoms with van der Waals surface area (Å²) in [5, 5.41) is 105. The molecule has 6 aliphatic rings. The number of carbonyl (C=O) groups excluding carboxylic acids is 1. The highest BCUT2D eigenvalue weighted by atomic mass is 16.8. The Hall–Kier alpha value is -1.39. The van der Waals surface area contributed by atoms with Gasteiger partial charge in [0.1, 0.15) is 31.0 Å². The molecule has 3 aliphatic heterocycles. The van der Waals surface area contributed by atoms with E-state index in [-0.39, 0.29) is 44.1 Å². The number of aliphatic hydroxyl groups is 10. The Bertz CT molecular complexity index is 1190. The van der Waals surface area contributed by atoms with Gasteiger partial charge in [-0.05, 0) is 69.6 Å². The molecular formula is C34H54O17. The Kier molecular flexibility index (Phi) is 12.8. The summed E-state index contributed by atoms with van der Waals surface area (Å²) in [6.45, 7) is -1.51. The molecule has 51 heavy (non-hydrogen) atoms. The predicted octanol–water partition coefficient (Wildman–Crippen LogP) is -3.28. The maximum absolute atomic E-state index is 12.4. The van der Waals surface area contributed by atoms with E-state index in [1.54, 1.807) is 6.08 Å². The van der Waals surface area contributed by atoms with Crippen LogP contribution in [0.25, 0.3) is 0 Å². The first-order chi connectivity index (χ1) is 24.2. The predicted molar refractivity (Wildman–Crippen MR) is 169 cm³/mol. The van der Waals surface area contributed by atoms with Crippen LogP contribution < -0.4 is 0 Å². The van der Waals surface area contributed by atoms with Crippen molar-refractivity contribution in [3.05, 3.63) is 12.2 Å². The van der Waals surface area contributed by atoms with Gasteiger partial charge < -0.3 is 79.5 Å². The average molecular weight is 735 g/mol. The van der Waals surface area contributed by atoms with Crippen molar-refractivity contribution in [2.75, 3.05) is 19.8 Å². The molecule has 0 bridgehead atoms. The third-order valence-electron chi connectivity index (χ3n) is 11.6. The van der Waals surface area contributed by atoms with E-state index in [2.05, 4.69) is 0 Å². The molecule has 0 amide bonds. The molecule has 0 aromatic heterocycles. The molecule has 0 aromatic carbocycles. The maximum atomic E-state index is 12.4. The molecule has 3 saturated heterocycles. The number of ether oxygens (including phenoxy) is 6. The fraction of sp³-hybridized carbons (Fsp3) is 0.912. The van der Waals surface area contributed by atoms with Crippen LogP contribution in [0.1, 0.15) is 57.8 Å². The van der Waals surface area contributed by atoms with Crippen LogP contribution >= 0.6 is 0 Å². The summed E-state index contributed by atoms with van der Waals surface area (Å²) in [4.78, 5) is 12.4. The second kappa shape index (κ2) is 16.5. The molecule has 292 valence electrons. The van der Waals surface area contributed by atoms with Crippen LogP contribution in [0.4, 0.5) is 0 Å². The molecule has 6 rings (SSSR count). The monoisotopic (exact) mass is 734 g/mol. The van der Waals surface area contributed by atoms with Gasteiger partial charge in [0, 0.05) is 12.0 Å². The molecule has 0 spiro atoms. The highest BCUT2D eigenvalue weighted by Gasteiger charge is 2.55. The minimum Gasteiger partial charge on any atom is -0.459 e. The molecule has 3 heterocycles. The fourth-order valence-electron chi connectivity index (χ4n) is 8.45. The van der Waals surface area contributed by atoms with Crippen molar-refractivity contribution < 1.29 is 84.3 Å². The number of hydrogen-bond donors (Lipinski definition) is 10. The molecule has 3 saturated carbocycles. The highest BCUT2D eigenvalue weighted by molar-refractivity contribution is 5.82. The molecule has 10 N–H and O–H groups in total. The summed E-state index contributed by atoms with van der Waals surface area (Å²) in [7, 11) is 0. The SMILES string of the molecule is O=C(C=CC1CCC(O)C(O)C1)OC[C@@]1(O)CO[C@@H](O[C@H]2[C@H](OC3CC4C(O)CC(O)CC4OC3C3CCC(O)C(O)C3)OC[C@@H](O)[C@@H]2O)[C@@H]1O. The van der Waals surface area contributed by atoms with E-state index < -0.39 is 123 Å². The van der Waals surface area contributed by atoms with Crippen LogP contribution in [0.15, 0.2) is 12.2 Å². The van der Waals surface area contributed by atoms with Crippen LogP contribution in [-0.2, 0) is 33.2 Å². The molecule has 6 fully saturated rings. The lowest BCUT2D eigenvalue weighted by atomic mass is 9.72. The van der Waals surface area contributed by atoms with E-state index in [1.165, 1.54) is 0 Å². The van der Waals surface area contributed by atoms with E-state index in [0.29, 0.717) is 32.1 Å². The van der Waals surface area contributed by atoms with Crippen molar-refractivity contribution in [1.82, 2.24) is 0 Å². The zero-order valence-corrected chi connectivity index (χ0v) is 28.4. The zero-order valence-electron chi connectivity index (χ0n) is 28.4. The van der Waals surface area contributed by atoms with E-state index in [1.807, 2.05) is 0 Å². The molecule has 0 radical (unpaired) electrons. The van der Waals surface area contributed by atoms with Crippen LogP contribution in [-0.4, -0.2) is 174 Å². The van der Waals surface area contributed by atoms with Gasteiger partial charge in [-0.25, -0.2) is 4.79 Å². The lowest BCUT2D eigenvalue weighted by Gasteiger charge is -2.51. The number of carbonyl (C=O) groups is 1. The fourth-order valence-corrected chi connectivity index (χ4v) is 8.45. The van der Waals surface area contributed by atoms with E-state index >= 15 is 0 Å². The summed E-state index contributed by atoms with van der Waals surface area (Å²) in [5.41, 5.74) is -2.10. The summed E-state index contributed by atoms with van der Waals surface area (Å²) in [6, 6.07) is 0. The van der Waals surface area contributed by atoms with Crippen molar-refractivity contribution >= 4 is 5.97 Å². The molecule has 3 aliphatic carbocycles. The molecule has 12 unspecified atom stereocenters. The van der Waals surface area contributed by atoms with E-state index in [9.17, 15) is 55.9 Å². The normalized spacial score (nSPS) is 50.9. The van der Waals surface area contributed by atoms with E-state index in [0.717, 1.165) is 6.08 Å². The lowest BCUT2D eigenvalue weighted by molar-refractivity contribution is -0.340. The second-order valence-corrected chi connectivity index (χ2v) is 15.4. The number of allylic oxidation sites excluding steroid dienone is 1. The number of hydrogen-bond acceptors (Lipinski definition) is 17. The van der Waals surface area contributed by atoms with E-state index in [4.69, 9.17) is 28.4 Å². The summed E-state index contributed by atoms with van der Waals surface area (Å²) >= 11 is 0. The first-order valence-electron chi connectivity index (χ1n) is 18.1. The van der Waals surface area contributed by atoms with Crippen molar-refractivity contribution in [1.29, 1.82) is 0 Å². The van der Waals surface area contributed by atoms with Crippen molar-refractivity contribution in [2.24, 2.45) is 17.8 Å². The third kappa shape index (κ3) is 8.95. The van der Waals surface area contributed by atoms with Crippen molar-refractivity contribution in [3.8, 4) is 0 Å². The molecular weight excluding hydrogens is 680 g/mol. The summed E-state index contributed by atoms with van der Waals surface area (Å²) in [6.07, 6.45) is -10.5. The van der Waals surface area contributed by atoms with Gasteiger partial charge in [-0.3, -0.25) is 0 Å². The zero-order chi connectivity index (χ0) is 36.6. The Morgan fingerprint density at radius 3 is 2.20 bits per heavy atom. The quantitative estimate of drug-likeness (QED) is 0.0821. The molecule has 0 aromatic rings. The van der Waals surface area contributed by atoms with Gasteiger partial charge in [0.15, 0.2) is 18.2 Å². The Morgan fingerprint density at radius 2 is 1.47 bits per heavy atom. The Balaban J connectivity index is 1.10. The van der Waals surface area contributed by atoms with Gasteiger partial charge in [-0.1, -0.05) is 6.08 Å². The first-order valence-corrected chi connectivity index (χ1v) is 18.1. The van der Waals surface area contributed by atoms with Gasteiger partial charge in [-0.15, -0.1) is 0 Å². The van der Waals surface area contributed by atoms with Crippen LogP contribution in [0.2, 0.25) is 0 Å². The van der Waals surface area contributed by atoms with Crippen LogP contribution in [0, 0.1) is 17.8 Å². The van der Waals surface area contributed by atoms with Gasteiger partial charge in [0.05, 0.1) is 68.1 Å². The summed E-state index contributed by atoms with van der Waals surface area (Å²) < 4.78 is 35.3. The van der Waals surface area contributed by atoms with Gasteiger partial charge in [0.25, 0.3) is 0 Å². The standard InChI is InChI=1S/C34H54O17/c35-17-9-21(38)18-11-26(29(49-25(18)10-17)16-3-5-20(37)23(40)8-16)50-32-30(28(43)24(41)12-46-32)51-33-31(44)34(45,14-48-33)13-47-27(42)6-2-15-1-4-19(36)22(39)7-15/h2,6,15-26,28-33,35-41,43-45H,1,3-5,7-14H2/t15?,16?,17?,18?,19?,20?,21?,22?,23?,24-,25?,26?,28+,29?,30-,31+,32+,33+,34-/m1/s1. The molecule has 19 atom stereocenters. The Labute approximate surface area is 295 Å². The largest absolute Gasteiger partial charge is 0.459 e. The van der Waals surface area contributed by atoms with Crippen LogP contribution in [0.5, 0.6) is 0 Å². The minimum absolute atomic E-state index is 0.147. The van der Waals surface area contributed by atoms with Gasteiger partial charge in [0.2, 0.25) is 0 Å². The van der Waals surface area contributed by atoms with Crippen molar-refractivity contribution in [2.45, 2.75) is 155 Å². The Morgan fingerprint density at radius 1 is 0.745 bits per heavy atom. The highest BCUT2D eigenvalue weighted by Crippen LogP contribution is 2.43. The lowest BCUT2D eigenvalue weighted by Crippen LogP contribution is -2.61. The number of aliphatic hydroxyl groups excluding tert-OH is 9. The maximum Gasteiger partial charge on any atom is 0.330 e. The number of rotatable bonds is 9. The van der Waals surface area contributed by atoms with Crippen LogP contribution in [0.3, 0.4) is 0 Å². The third-order valence-corrected chi connectivity index (χ3v) is 11.6. The van der Waals surface area contributed by atoms with Crippen molar-refractivity contribution in [3.63, 3.8) is 0 Å². The average Bonchev–Trinajstić information content (AvgIpc) is 3.37. The topological polar surface area (TPSA) is 275 Å². The van der Waals surface area contributed by atoms with Gasteiger partial charge in [-0.2, -0.15) is 0 Å². The minimum atomic E-state index is -2.10. The smallest absolute Gasteiger partial charge is 0.330 e. The number of fused-ring (bicyclic) bond motifs is 1. The van der Waals surface area contributed by atoms with Gasteiger partial charge >= 0.3 is 5.97 Å².